The van der Waals surface area contributed by atoms with E-state index in [1.807, 2.05) is 6.92 Å². The van der Waals surface area contributed by atoms with Crippen molar-refractivity contribution in [2.75, 3.05) is 13.1 Å². The molecule has 1 fully saturated rings. The Kier molecular flexibility index (Phi) is 3.69. The lowest BCUT2D eigenvalue weighted by Crippen LogP contribution is -2.52. The van der Waals surface area contributed by atoms with Gasteiger partial charge in [0, 0.05) is 30.9 Å². The van der Waals surface area contributed by atoms with E-state index in [1.54, 1.807) is 27.2 Å². The number of carbonyl (C=O) groups is 2. The topological polar surface area (TPSA) is 88.3 Å². The van der Waals surface area contributed by atoms with Gasteiger partial charge in [-0.2, -0.15) is 0 Å². The zero-order valence-electron chi connectivity index (χ0n) is 12.1. The van der Waals surface area contributed by atoms with Crippen LogP contribution < -0.4 is 0 Å². The fraction of sp³-hybridized carbons (Fsp3) is 0.429. The minimum Gasteiger partial charge on any atom is -0.479 e. The SMILES string of the molecule is Cc1nc(C(=O)N2CCC(C(=O)O)(n3ccnc3)CC2)cs1. The van der Waals surface area contributed by atoms with Gasteiger partial charge in [0.1, 0.15) is 11.2 Å². The molecule has 3 rings (SSSR count). The van der Waals surface area contributed by atoms with Gasteiger partial charge in [0.2, 0.25) is 0 Å². The van der Waals surface area contributed by atoms with Crippen LogP contribution in [0.3, 0.4) is 0 Å². The molecule has 1 amide bonds. The minimum absolute atomic E-state index is 0.131. The third-order valence-corrected chi connectivity index (χ3v) is 4.89. The van der Waals surface area contributed by atoms with Crippen LogP contribution in [0.4, 0.5) is 0 Å². The van der Waals surface area contributed by atoms with Crippen LogP contribution in [-0.4, -0.2) is 49.5 Å². The monoisotopic (exact) mass is 320 g/mol. The van der Waals surface area contributed by atoms with Gasteiger partial charge in [0.05, 0.1) is 11.3 Å². The summed E-state index contributed by atoms with van der Waals surface area (Å²) in [7, 11) is 0. The number of hydrogen-bond acceptors (Lipinski definition) is 5. The Labute approximate surface area is 131 Å². The molecule has 0 spiro atoms. The van der Waals surface area contributed by atoms with Crippen LogP contribution in [-0.2, 0) is 10.3 Å². The number of nitrogens with zero attached hydrogens (tertiary/aromatic N) is 4. The molecule has 0 aliphatic carbocycles. The van der Waals surface area contributed by atoms with Gasteiger partial charge < -0.3 is 14.6 Å². The van der Waals surface area contributed by atoms with Crippen molar-refractivity contribution >= 4 is 23.2 Å². The number of thiazole rings is 1. The number of piperidine rings is 1. The van der Waals surface area contributed by atoms with Crippen LogP contribution in [0.25, 0.3) is 0 Å². The van der Waals surface area contributed by atoms with Gasteiger partial charge in [0.15, 0.2) is 0 Å². The Balaban J connectivity index is 1.76. The van der Waals surface area contributed by atoms with Crippen LogP contribution >= 0.6 is 11.3 Å². The van der Waals surface area contributed by atoms with Crippen LogP contribution in [0, 0.1) is 6.92 Å². The molecule has 2 aromatic rings. The first-order chi connectivity index (χ1) is 10.5. The molecule has 2 aromatic heterocycles. The summed E-state index contributed by atoms with van der Waals surface area (Å²) in [5, 5.41) is 12.2. The predicted octanol–water partition coefficient (Wildman–Crippen LogP) is 1.36. The first-order valence-corrected chi connectivity index (χ1v) is 7.84. The minimum atomic E-state index is -1.02. The average Bonchev–Trinajstić information content (AvgIpc) is 3.18. The van der Waals surface area contributed by atoms with Gasteiger partial charge in [-0.1, -0.05) is 0 Å². The molecule has 116 valence electrons. The van der Waals surface area contributed by atoms with E-state index in [4.69, 9.17) is 0 Å². The highest BCUT2D eigenvalue weighted by atomic mass is 32.1. The normalized spacial score (nSPS) is 17.4. The molecule has 22 heavy (non-hydrogen) atoms. The van der Waals surface area contributed by atoms with Crippen molar-refractivity contribution in [2.24, 2.45) is 0 Å². The second kappa shape index (κ2) is 5.53. The van der Waals surface area contributed by atoms with Crippen molar-refractivity contribution in [2.45, 2.75) is 25.3 Å². The summed E-state index contributed by atoms with van der Waals surface area (Å²) < 4.78 is 1.63. The largest absolute Gasteiger partial charge is 0.479 e. The fourth-order valence-electron chi connectivity index (χ4n) is 2.80. The molecule has 0 atom stereocenters. The molecule has 8 heteroatoms. The van der Waals surface area contributed by atoms with Crippen molar-refractivity contribution < 1.29 is 14.7 Å². The van der Waals surface area contributed by atoms with Gasteiger partial charge in [-0.05, 0) is 19.8 Å². The molecule has 1 aliphatic rings. The molecule has 1 N–H and O–H groups in total. The van der Waals surface area contributed by atoms with E-state index in [1.165, 1.54) is 17.7 Å². The van der Waals surface area contributed by atoms with Crippen molar-refractivity contribution in [3.8, 4) is 0 Å². The van der Waals surface area contributed by atoms with Crippen LogP contribution in [0.15, 0.2) is 24.1 Å². The number of hydrogen-bond donors (Lipinski definition) is 1. The maximum Gasteiger partial charge on any atom is 0.330 e. The summed E-state index contributed by atoms with van der Waals surface area (Å²) in [5.74, 6) is -1.02. The van der Waals surface area contributed by atoms with E-state index in [2.05, 4.69) is 9.97 Å². The number of aryl methyl sites for hydroxylation is 1. The summed E-state index contributed by atoms with van der Waals surface area (Å²) in [6.07, 6.45) is 5.46. The summed E-state index contributed by atoms with van der Waals surface area (Å²) in [6.45, 7) is 2.63. The average molecular weight is 320 g/mol. The van der Waals surface area contributed by atoms with E-state index in [0.29, 0.717) is 31.6 Å². The number of amides is 1. The highest BCUT2D eigenvalue weighted by Crippen LogP contribution is 2.31. The third-order valence-electron chi connectivity index (χ3n) is 4.11. The Bertz CT molecular complexity index is 687. The van der Waals surface area contributed by atoms with Gasteiger partial charge in [-0.25, -0.2) is 14.8 Å². The van der Waals surface area contributed by atoms with E-state index >= 15 is 0 Å². The quantitative estimate of drug-likeness (QED) is 0.922. The second-order valence-electron chi connectivity index (χ2n) is 5.35. The van der Waals surface area contributed by atoms with Crippen LogP contribution in [0.2, 0.25) is 0 Å². The molecule has 1 saturated heterocycles. The lowest BCUT2D eigenvalue weighted by Gasteiger charge is -2.39. The van der Waals surface area contributed by atoms with E-state index in [-0.39, 0.29) is 5.91 Å². The lowest BCUT2D eigenvalue weighted by molar-refractivity contribution is -0.150. The number of carbonyl (C=O) groups excluding carboxylic acids is 1. The second-order valence-corrected chi connectivity index (χ2v) is 6.41. The number of rotatable bonds is 3. The summed E-state index contributed by atoms with van der Waals surface area (Å²) in [4.78, 5) is 34.0. The van der Waals surface area contributed by atoms with E-state index in [0.717, 1.165) is 5.01 Å². The van der Waals surface area contributed by atoms with Gasteiger partial charge in [0.25, 0.3) is 5.91 Å². The van der Waals surface area contributed by atoms with Crippen molar-refractivity contribution in [1.29, 1.82) is 0 Å². The Hall–Kier alpha value is -2.22. The lowest BCUT2D eigenvalue weighted by atomic mass is 9.87. The highest BCUT2D eigenvalue weighted by Gasteiger charge is 2.44. The van der Waals surface area contributed by atoms with Gasteiger partial charge >= 0.3 is 5.97 Å². The molecular formula is C14H16N4O3S. The number of carboxylic acid groups (broad SMARTS) is 1. The molecule has 7 nitrogen and oxygen atoms in total. The molecule has 3 heterocycles. The summed E-state index contributed by atoms with van der Waals surface area (Å²) in [6, 6.07) is 0. The number of likely N-dealkylation sites (tertiary alicyclic amines) is 1. The van der Waals surface area contributed by atoms with Crippen molar-refractivity contribution in [1.82, 2.24) is 19.4 Å². The summed E-state index contributed by atoms with van der Waals surface area (Å²) >= 11 is 1.43. The maximum atomic E-state index is 12.4. The maximum absolute atomic E-state index is 12.4. The standard InChI is InChI=1S/C14H16N4O3S/c1-10-16-11(8-22-10)12(19)17-5-2-14(3-6-17,13(20)21)18-7-4-15-9-18/h4,7-9H,2-3,5-6H2,1H3,(H,20,21). The fourth-order valence-corrected chi connectivity index (χ4v) is 3.38. The number of carboxylic acids is 1. The Morgan fingerprint density at radius 1 is 1.36 bits per heavy atom. The van der Waals surface area contributed by atoms with Crippen molar-refractivity contribution in [3.05, 3.63) is 34.8 Å². The molecule has 1 aliphatic heterocycles. The molecule has 0 bridgehead atoms. The van der Waals surface area contributed by atoms with Crippen LogP contribution in [0.5, 0.6) is 0 Å². The zero-order chi connectivity index (χ0) is 15.7. The van der Waals surface area contributed by atoms with E-state index in [9.17, 15) is 14.7 Å². The smallest absolute Gasteiger partial charge is 0.330 e. The molecule has 0 unspecified atom stereocenters. The molecule has 0 radical (unpaired) electrons. The van der Waals surface area contributed by atoms with Gasteiger partial charge in [-0.3, -0.25) is 4.79 Å². The van der Waals surface area contributed by atoms with Crippen molar-refractivity contribution in [3.63, 3.8) is 0 Å². The van der Waals surface area contributed by atoms with Gasteiger partial charge in [-0.15, -0.1) is 11.3 Å². The molecule has 0 saturated carbocycles. The third kappa shape index (κ3) is 2.39. The number of aliphatic carboxylic acids is 1. The molecule has 0 aromatic carbocycles. The number of imidazole rings is 1. The van der Waals surface area contributed by atoms with E-state index < -0.39 is 11.5 Å². The predicted molar refractivity (Wildman–Crippen MR) is 79.8 cm³/mol. The Morgan fingerprint density at radius 3 is 2.59 bits per heavy atom. The highest BCUT2D eigenvalue weighted by molar-refractivity contribution is 7.09. The zero-order valence-corrected chi connectivity index (χ0v) is 12.9. The Morgan fingerprint density at radius 2 is 2.09 bits per heavy atom. The number of aromatic nitrogens is 3. The summed E-state index contributed by atoms with van der Waals surface area (Å²) in [5.41, 5.74) is -0.585. The van der Waals surface area contributed by atoms with Crippen LogP contribution in [0.1, 0.15) is 28.3 Å². The first kappa shape index (κ1) is 14.7. The molecular weight excluding hydrogens is 304 g/mol. The first-order valence-electron chi connectivity index (χ1n) is 6.96.